The summed E-state index contributed by atoms with van der Waals surface area (Å²) in [4.78, 5) is 29.4. The molecule has 1 amide bonds. The van der Waals surface area contributed by atoms with Gasteiger partial charge >= 0.3 is 0 Å². The van der Waals surface area contributed by atoms with Crippen LogP contribution in [0.2, 0.25) is 0 Å². The molecular formula is C33H28BN5O3PS2+. The number of carbonyl (C=O) groups excluding carboxylic acids is 2. The molecule has 5 aromatic rings. The van der Waals surface area contributed by atoms with Crippen molar-refractivity contribution in [2.24, 2.45) is 5.92 Å². The second-order valence-corrected chi connectivity index (χ2v) is 17.1. The second kappa shape index (κ2) is 12.4. The second-order valence-electron chi connectivity index (χ2n) is 11.1. The zero-order chi connectivity index (χ0) is 31.0. The van der Waals surface area contributed by atoms with Crippen LogP contribution in [0.4, 0.5) is 0 Å². The van der Waals surface area contributed by atoms with E-state index in [9.17, 15) is 13.8 Å². The van der Waals surface area contributed by atoms with Crippen LogP contribution in [0.5, 0.6) is 0 Å². The van der Waals surface area contributed by atoms with Crippen LogP contribution in [0.25, 0.3) is 5.70 Å². The molecule has 2 radical (unpaired) electrons. The van der Waals surface area contributed by atoms with Gasteiger partial charge in [0.2, 0.25) is 11.7 Å². The van der Waals surface area contributed by atoms with Crippen LogP contribution in [-0.4, -0.2) is 66.2 Å². The molecule has 12 heteroatoms. The number of rotatable bonds is 10. The van der Waals surface area contributed by atoms with Gasteiger partial charge in [0, 0.05) is 34.1 Å². The summed E-state index contributed by atoms with van der Waals surface area (Å²) in [6, 6.07) is 34.9. The van der Waals surface area contributed by atoms with E-state index < -0.39 is 29.4 Å². The fourth-order valence-corrected chi connectivity index (χ4v) is 13.4. The fourth-order valence-electron chi connectivity index (χ4n) is 6.43. The maximum atomic E-state index is 14.1. The summed E-state index contributed by atoms with van der Waals surface area (Å²) in [6.07, 6.45) is 0.804. The van der Waals surface area contributed by atoms with Crippen molar-refractivity contribution < 1.29 is 13.8 Å². The minimum atomic E-state index is -2.41. The predicted molar refractivity (Wildman–Crippen MR) is 181 cm³/mol. The molecule has 3 aromatic carbocycles. The lowest BCUT2D eigenvalue weighted by atomic mass is 9.89. The molecule has 4 heterocycles. The van der Waals surface area contributed by atoms with Crippen LogP contribution in [0.1, 0.15) is 17.1 Å². The molecule has 0 aliphatic carbocycles. The highest BCUT2D eigenvalue weighted by atomic mass is 32.2. The number of hydrogen-bond donors (Lipinski definition) is 0. The van der Waals surface area contributed by atoms with Gasteiger partial charge in [0.05, 0.1) is 23.5 Å². The lowest BCUT2D eigenvalue weighted by Gasteiger charge is -2.49. The lowest BCUT2D eigenvalue weighted by molar-refractivity contribution is -0.147. The maximum Gasteiger partial charge on any atom is 0.298 e. The Morgan fingerprint density at radius 3 is 2.02 bits per heavy atom. The molecule has 1 saturated heterocycles. The summed E-state index contributed by atoms with van der Waals surface area (Å²) >= 11 is 1.51. The fraction of sp³-hybridized carbons (Fsp3) is 0.182. The minimum absolute atomic E-state index is 0.0399. The molecule has 2 aliphatic rings. The Balaban J connectivity index is 1.35. The Hall–Kier alpha value is -4.05. The molecule has 222 valence electrons. The molecule has 7 rings (SSSR count). The molecule has 1 unspecified atom stereocenters. The van der Waals surface area contributed by atoms with Crippen LogP contribution < -0.4 is 15.9 Å². The van der Waals surface area contributed by atoms with Gasteiger partial charge in [-0.3, -0.25) is 18.7 Å². The van der Waals surface area contributed by atoms with Gasteiger partial charge in [0.1, 0.15) is 34.3 Å². The van der Waals surface area contributed by atoms with E-state index in [1.807, 2.05) is 72.1 Å². The summed E-state index contributed by atoms with van der Waals surface area (Å²) in [7, 11) is 1.99. The van der Waals surface area contributed by atoms with Crippen LogP contribution in [0, 0.1) is 5.92 Å². The summed E-state index contributed by atoms with van der Waals surface area (Å²) in [5.74, 6) is -0.543. The van der Waals surface area contributed by atoms with Crippen molar-refractivity contribution in [1.29, 1.82) is 0 Å². The number of fused-ring (bicyclic) bond motifs is 1. The van der Waals surface area contributed by atoms with Gasteiger partial charge in [-0.05, 0) is 47.8 Å². The molecule has 45 heavy (non-hydrogen) atoms. The number of Topliss-reactive ketones (excluding diaryl/α,β-unsaturated/α-hetero) is 1. The van der Waals surface area contributed by atoms with Crippen molar-refractivity contribution >= 4 is 70.7 Å². The zero-order valence-electron chi connectivity index (χ0n) is 24.2. The van der Waals surface area contributed by atoms with Crippen molar-refractivity contribution in [3.05, 3.63) is 125 Å². The summed E-state index contributed by atoms with van der Waals surface area (Å²) in [5.41, 5.74) is 1.30. The third-order valence-electron chi connectivity index (χ3n) is 8.37. The van der Waals surface area contributed by atoms with E-state index in [1.165, 1.54) is 11.3 Å². The third-order valence-corrected chi connectivity index (χ3v) is 15.4. The average Bonchev–Trinajstić information content (AvgIpc) is 3.75. The monoisotopic (exact) mass is 648 g/mol. The third kappa shape index (κ3) is 5.43. The van der Waals surface area contributed by atoms with Crippen molar-refractivity contribution in [2.45, 2.75) is 18.2 Å². The number of hydrogen-bond acceptors (Lipinski definition) is 7. The van der Waals surface area contributed by atoms with E-state index in [4.69, 9.17) is 7.98 Å². The molecule has 0 spiro atoms. The molecule has 2 aliphatic heterocycles. The number of β-lactam (4-membered cyclic amide) rings is 1. The van der Waals surface area contributed by atoms with Gasteiger partial charge in [-0.1, -0.05) is 65.9 Å². The first kappa shape index (κ1) is 29.7. The number of benzene rings is 3. The number of amides is 1. The SMILES string of the molecule is [B]n1nnc(C2=C(C[P+](c3ccccc3)(c3ccccc3)c3ccccc3)CS(=O)[C@@H]3[C@H](CC(=O)Cc4cccs4)C(=O)N23)n1. The molecule has 1 fully saturated rings. The smallest absolute Gasteiger partial charge is 0.298 e. The molecule has 3 atom stereocenters. The number of carbonyl (C=O) groups is 2. The highest BCUT2D eigenvalue weighted by Gasteiger charge is 2.58. The Labute approximate surface area is 269 Å². The van der Waals surface area contributed by atoms with Crippen LogP contribution in [0.15, 0.2) is 114 Å². The predicted octanol–water partition coefficient (Wildman–Crippen LogP) is 3.12. The molecule has 0 bridgehead atoms. The Kier molecular flexibility index (Phi) is 8.16. The van der Waals surface area contributed by atoms with E-state index in [0.29, 0.717) is 11.9 Å². The Morgan fingerprint density at radius 2 is 1.51 bits per heavy atom. The summed E-state index contributed by atoms with van der Waals surface area (Å²) in [6.45, 7) is 0. The van der Waals surface area contributed by atoms with Gasteiger partial charge in [-0.25, -0.2) is 4.71 Å². The number of nitrogens with zero attached hydrogens (tertiary/aromatic N) is 5. The van der Waals surface area contributed by atoms with Crippen LogP contribution in [-0.2, 0) is 26.8 Å². The van der Waals surface area contributed by atoms with Gasteiger partial charge in [0.15, 0.2) is 0 Å². The number of aromatic nitrogens is 4. The highest BCUT2D eigenvalue weighted by Crippen LogP contribution is 2.58. The topological polar surface area (TPSA) is 98.0 Å². The minimum Gasteiger partial charge on any atom is -0.299 e. The average molecular weight is 649 g/mol. The molecule has 0 saturated carbocycles. The van der Waals surface area contributed by atoms with E-state index in [1.54, 1.807) is 4.90 Å². The number of tetrazole rings is 1. The van der Waals surface area contributed by atoms with Crippen molar-refractivity contribution in [1.82, 2.24) is 25.0 Å². The molecular weight excluding hydrogens is 620 g/mol. The quantitative estimate of drug-likeness (QED) is 0.131. The normalized spacial score (nSPS) is 19.7. The first-order valence-corrected chi connectivity index (χ1v) is 18.8. The molecule has 0 N–H and O–H groups in total. The first-order valence-electron chi connectivity index (χ1n) is 14.5. The van der Waals surface area contributed by atoms with Crippen molar-refractivity contribution in [3.63, 3.8) is 0 Å². The molecule has 2 aromatic heterocycles. The Morgan fingerprint density at radius 1 is 0.911 bits per heavy atom. The lowest BCUT2D eigenvalue weighted by Crippen LogP contribution is -2.64. The highest BCUT2D eigenvalue weighted by molar-refractivity contribution is 7.96. The van der Waals surface area contributed by atoms with Gasteiger partial charge in [-0.15, -0.1) is 21.5 Å². The number of ketones is 1. The standard InChI is InChI=1S/C33H28BN5O3PS2/c34-39-36-31(35-37-39)30-23(22-45(42)33-29(32(41)38(30)33)20-24(40)19-28-17-10-18-44-28)21-43(25-11-4-1-5-12-25,26-13-6-2-7-14-26)27-15-8-3-9-16-27/h1-18,29,33H,19-22H2/q+1/t29-,33-,45?/m1/s1. The van der Waals surface area contributed by atoms with E-state index in [2.05, 4.69) is 51.8 Å². The largest absolute Gasteiger partial charge is 0.299 e. The van der Waals surface area contributed by atoms with Crippen molar-refractivity contribution in [2.75, 3.05) is 11.9 Å². The van der Waals surface area contributed by atoms with E-state index in [0.717, 1.165) is 31.1 Å². The van der Waals surface area contributed by atoms with Crippen molar-refractivity contribution in [3.8, 4) is 0 Å². The first-order chi connectivity index (χ1) is 22.0. The maximum absolute atomic E-state index is 14.1. The van der Waals surface area contributed by atoms with Gasteiger partial charge < -0.3 is 0 Å². The molecule has 8 nitrogen and oxygen atoms in total. The van der Waals surface area contributed by atoms with E-state index in [-0.39, 0.29) is 36.1 Å². The Bertz CT molecular complexity index is 1810. The van der Waals surface area contributed by atoms with E-state index >= 15 is 0 Å². The summed E-state index contributed by atoms with van der Waals surface area (Å²) in [5, 5.41) is 17.2. The van der Waals surface area contributed by atoms with Gasteiger partial charge in [0.25, 0.3) is 7.98 Å². The van der Waals surface area contributed by atoms with Crippen LogP contribution in [0.3, 0.4) is 0 Å². The van der Waals surface area contributed by atoms with Gasteiger partial charge in [-0.2, -0.15) is 0 Å². The van der Waals surface area contributed by atoms with Crippen LogP contribution >= 0.6 is 18.6 Å². The zero-order valence-corrected chi connectivity index (χ0v) is 26.7. The number of thiophene rings is 1. The summed E-state index contributed by atoms with van der Waals surface area (Å²) < 4.78 is 15.0.